The van der Waals surface area contributed by atoms with E-state index in [0.29, 0.717) is 62.0 Å². The highest BCUT2D eigenvalue weighted by Crippen LogP contribution is 2.26. The van der Waals surface area contributed by atoms with Crippen LogP contribution >= 0.6 is 0 Å². The summed E-state index contributed by atoms with van der Waals surface area (Å²) in [4.78, 5) is 52.7. The van der Waals surface area contributed by atoms with Gasteiger partial charge < -0.3 is 9.64 Å². The highest BCUT2D eigenvalue weighted by molar-refractivity contribution is 6.21. The van der Waals surface area contributed by atoms with Crippen molar-refractivity contribution in [1.82, 2.24) is 19.8 Å². The van der Waals surface area contributed by atoms with E-state index in [0.717, 1.165) is 5.56 Å². The Morgan fingerprint density at radius 3 is 2.13 bits per heavy atom. The zero-order valence-corrected chi connectivity index (χ0v) is 21.2. The normalized spacial score (nSPS) is 16.7. The smallest absolute Gasteiger partial charge is 0.341 e. The van der Waals surface area contributed by atoms with Crippen molar-refractivity contribution < 1.29 is 19.1 Å². The van der Waals surface area contributed by atoms with Crippen molar-refractivity contribution >= 4 is 29.8 Å². The molecule has 0 N–H and O–H groups in total. The largest absolute Gasteiger partial charge is 0.462 e. The molecule has 1 fully saturated rings. The Morgan fingerprint density at radius 2 is 1.53 bits per heavy atom. The minimum absolute atomic E-state index is 0.262. The van der Waals surface area contributed by atoms with Crippen LogP contribution in [0.5, 0.6) is 0 Å². The van der Waals surface area contributed by atoms with Crippen molar-refractivity contribution in [2.75, 3.05) is 44.2 Å². The summed E-state index contributed by atoms with van der Waals surface area (Å²) in [6, 6.07) is 16.4. The van der Waals surface area contributed by atoms with Gasteiger partial charge in [-0.1, -0.05) is 54.6 Å². The number of benzene rings is 2. The van der Waals surface area contributed by atoms with Gasteiger partial charge in [-0.3, -0.25) is 19.4 Å². The predicted octanol–water partition coefficient (Wildman–Crippen LogP) is 3.15. The van der Waals surface area contributed by atoms with E-state index < -0.39 is 12.0 Å². The molecule has 2 aromatic carbocycles. The monoisotopic (exact) mass is 511 g/mol. The molecule has 9 nitrogen and oxygen atoms in total. The molecule has 0 spiro atoms. The molecule has 0 radical (unpaired) electrons. The Balaban J connectivity index is 1.28. The molecule has 2 aliphatic heterocycles. The fraction of sp³-hybridized carbons (Fsp3) is 0.276. The number of esters is 1. The summed E-state index contributed by atoms with van der Waals surface area (Å²) < 4.78 is 4.99. The second kappa shape index (κ2) is 11.4. The molecule has 9 heteroatoms. The average Bonchev–Trinajstić information content (AvgIpc) is 3.22. The fourth-order valence-corrected chi connectivity index (χ4v) is 4.72. The summed E-state index contributed by atoms with van der Waals surface area (Å²) in [7, 11) is 0. The molecule has 0 saturated carbocycles. The van der Waals surface area contributed by atoms with Crippen LogP contribution in [0, 0.1) is 0 Å². The number of piperazine rings is 1. The highest BCUT2D eigenvalue weighted by atomic mass is 16.5. The molecule has 0 aliphatic carbocycles. The minimum atomic E-state index is -0.438. The van der Waals surface area contributed by atoms with E-state index >= 15 is 0 Å². The van der Waals surface area contributed by atoms with E-state index in [1.807, 2.05) is 42.5 Å². The number of rotatable bonds is 8. The first-order valence-corrected chi connectivity index (χ1v) is 12.7. The Kier molecular flexibility index (Phi) is 7.55. The van der Waals surface area contributed by atoms with Crippen LogP contribution in [0.25, 0.3) is 6.08 Å². The van der Waals surface area contributed by atoms with Crippen LogP contribution in [-0.4, -0.2) is 82.9 Å². The van der Waals surface area contributed by atoms with Crippen LogP contribution in [0.4, 0.5) is 5.95 Å². The van der Waals surface area contributed by atoms with Gasteiger partial charge in [-0.05, 0) is 24.6 Å². The summed E-state index contributed by atoms with van der Waals surface area (Å²) in [6.45, 7) is 5.34. The zero-order valence-electron chi connectivity index (χ0n) is 21.2. The van der Waals surface area contributed by atoms with Crippen molar-refractivity contribution in [1.29, 1.82) is 0 Å². The van der Waals surface area contributed by atoms with Crippen molar-refractivity contribution in [3.8, 4) is 0 Å². The Labute approximate surface area is 221 Å². The molecular formula is C29H29N5O4. The van der Waals surface area contributed by atoms with Gasteiger partial charge in [-0.15, -0.1) is 0 Å². The average molecular weight is 512 g/mol. The third kappa shape index (κ3) is 5.33. The number of aromatic nitrogens is 2. The summed E-state index contributed by atoms with van der Waals surface area (Å²) in [6.07, 6.45) is 6.88. The lowest BCUT2D eigenvalue weighted by Crippen LogP contribution is -2.52. The molecule has 1 atom stereocenters. The van der Waals surface area contributed by atoms with E-state index in [4.69, 9.17) is 4.74 Å². The number of anilines is 1. The number of hydrogen-bond donors (Lipinski definition) is 0. The number of nitrogens with zero attached hydrogens (tertiary/aromatic N) is 5. The highest BCUT2D eigenvalue weighted by Gasteiger charge is 2.39. The van der Waals surface area contributed by atoms with Crippen molar-refractivity contribution in [3.63, 3.8) is 0 Å². The van der Waals surface area contributed by atoms with Crippen molar-refractivity contribution in [3.05, 3.63) is 95.3 Å². The molecule has 5 rings (SSSR count). The number of carbonyl (C=O) groups excluding carboxylic acids is 3. The molecule has 1 aromatic heterocycles. The fourth-order valence-electron chi connectivity index (χ4n) is 4.72. The molecule has 1 unspecified atom stereocenters. The molecule has 2 amide bonds. The number of hydrogen-bond acceptors (Lipinski definition) is 8. The van der Waals surface area contributed by atoms with Gasteiger partial charge in [0.1, 0.15) is 0 Å². The van der Waals surface area contributed by atoms with Crippen LogP contribution in [0.2, 0.25) is 0 Å². The molecule has 38 heavy (non-hydrogen) atoms. The van der Waals surface area contributed by atoms with Crippen LogP contribution in [0.1, 0.15) is 43.6 Å². The van der Waals surface area contributed by atoms with Crippen LogP contribution < -0.4 is 4.90 Å². The van der Waals surface area contributed by atoms with Crippen molar-refractivity contribution in [2.24, 2.45) is 0 Å². The first kappa shape index (κ1) is 25.3. The quantitative estimate of drug-likeness (QED) is 0.336. The van der Waals surface area contributed by atoms with Crippen LogP contribution in [0.3, 0.4) is 0 Å². The lowest BCUT2D eigenvalue weighted by atomic mass is 10.1. The third-order valence-corrected chi connectivity index (χ3v) is 6.72. The standard InChI is InChI=1S/C29H29N5O4/c1-2-38-28(37)22-18-30-29(31-19-22)33-16-14-32(15-17-33)20-23(13-12-21-8-4-3-5-9-21)34-26(35)24-10-6-7-11-25(24)27(34)36/h3-13,18-19,23H,2,14-17,20H2,1H3/b13-12+. The number of carbonyl (C=O) groups is 3. The van der Waals surface area contributed by atoms with E-state index in [-0.39, 0.29) is 11.8 Å². The number of fused-ring (bicyclic) bond motifs is 1. The topological polar surface area (TPSA) is 95.9 Å². The molecule has 3 aromatic rings. The summed E-state index contributed by atoms with van der Waals surface area (Å²) >= 11 is 0. The van der Waals surface area contributed by atoms with Gasteiger partial charge in [0.2, 0.25) is 5.95 Å². The molecule has 194 valence electrons. The molecule has 3 heterocycles. The Bertz CT molecular complexity index is 1300. The zero-order chi connectivity index (χ0) is 26.5. The minimum Gasteiger partial charge on any atom is -0.462 e. The second-order valence-electron chi connectivity index (χ2n) is 9.14. The van der Waals surface area contributed by atoms with E-state index in [9.17, 15) is 14.4 Å². The van der Waals surface area contributed by atoms with Gasteiger partial charge in [-0.25, -0.2) is 14.8 Å². The van der Waals surface area contributed by atoms with Gasteiger partial charge in [0.25, 0.3) is 11.8 Å². The lowest BCUT2D eigenvalue weighted by molar-refractivity contribution is 0.0523. The van der Waals surface area contributed by atoms with Crippen LogP contribution in [-0.2, 0) is 4.74 Å². The summed E-state index contributed by atoms with van der Waals surface area (Å²) in [5, 5.41) is 0. The van der Waals surface area contributed by atoms with Gasteiger partial charge >= 0.3 is 5.97 Å². The summed E-state index contributed by atoms with van der Waals surface area (Å²) in [5.41, 5.74) is 2.22. The molecular weight excluding hydrogens is 482 g/mol. The van der Waals surface area contributed by atoms with Gasteiger partial charge in [-0.2, -0.15) is 0 Å². The lowest BCUT2D eigenvalue weighted by Gasteiger charge is -2.37. The predicted molar refractivity (Wildman–Crippen MR) is 143 cm³/mol. The van der Waals surface area contributed by atoms with Crippen molar-refractivity contribution in [2.45, 2.75) is 13.0 Å². The van der Waals surface area contributed by atoms with E-state index in [1.54, 1.807) is 31.2 Å². The Hall–Kier alpha value is -4.37. The first-order chi connectivity index (χ1) is 18.5. The number of amides is 2. The maximum absolute atomic E-state index is 13.3. The van der Waals surface area contributed by atoms with Gasteiger partial charge in [0.05, 0.1) is 29.3 Å². The van der Waals surface area contributed by atoms with E-state index in [2.05, 4.69) is 19.8 Å². The van der Waals surface area contributed by atoms with Gasteiger partial charge in [0, 0.05) is 45.1 Å². The first-order valence-electron chi connectivity index (χ1n) is 12.7. The maximum Gasteiger partial charge on any atom is 0.341 e. The number of imide groups is 1. The molecule has 0 bridgehead atoms. The molecule has 2 aliphatic rings. The second-order valence-corrected chi connectivity index (χ2v) is 9.14. The maximum atomic E-state index is 13.3. The Morgan fingerprint density at radius 1 is 0.921 bits per heavy atom. The summed E-state index contributed by atoms with van der Waals surface area (Å²) in [5.74, 6) is -0.408. The SMILES string of the molecule is CCOC(=O)c1cnc(N2CCN(CC(/C=C/c3ccccc3)N3C(=O)c4ccccc4C3=O)CC2)nc1. The number of ether oxygens (including phenoxy) is 1. The van der Waals surface area contributed by atoms with Crippen LogP contribution in [0.15, 0.2) is 73.1 Å². The molecule has 1 saturated heterocycles. The van der Waals surface area contributed by atoms with Gasteiger partial charge in [0.15, 0.2) is 0 Å². The third-order valence-electron chi connectivity index (χ3n) is 6.72. The van der Waals surface area contributed by atoms with E-state index in [1.165, 1.54) is 17.3 Å².